The van der Waals surface area contributed by atoms with E-state index in [2.05, 4.69) is 16.0 Å². The van der Waals surface area contributed by atoms with Gasteiger partial charge in [-0.1, -0.05) is 23.7 Å². The van der Waals surface area contributed by atoms with Crippen LogP contribution in [0.3, 0.4) is 0 Å². The zero-order valence-electron chi connectivity index (χ0n) is 17.2. The summed E-state index contributed by atoms with van der Waals surface area (Å²) in [7, 11) is 1.46. The van der Waals surface area contributed by atoms with E-state index in [0.717, 1.165) is 0 Å². The maximum atomic E-state index is 12.2. The van der Waals surface area contributed by atoms with Crippen LogP contribution in [-0.4, -0.2) is 37.2 Å². The van der Waals surface area contributed by atoms with Gasteiger partial charge < -0.3 is 20.1 Å². The molecule has 9 heteroatoms. The maximum Gasteiger partial charge on any atom is 0.412 e. The summed E-state index contributed by atoms with van der Waals surface area (Å²) in [5, 5.41) is 8.03. The number of benzene rings is 2. The van der Waals surface area contributed by atoms with Crippen molar-refractivity contribution < 1.29 is 23.9 Å². The molecule has 0 saturated carbocycles. The van der Waals surface area contributed by atoms with Crippen LogP contribution in [-0.2, 0) is 9.53 Å². The van der Waals surface area contributed by atoms with Gasteiger partial charge in [-0.2, -0.15) is 0 Å². The van der Waals surface area contributed by atoms with Gasteiger partial charge in [0.2, 0.25) is 5.91 Å². The molecule has 0 aliphatic heterocycles. The van der Waals surface area contributed by atoms with Gasteiger partial charge in [0, 0.05) is 5.69 Å². The molecule has 2 aromatic rings. The van der Waals surface area contributed by atoms with E-state index in [0.29, 0.717) is 22.1 Å². The third kappa shape index (κ3) is 6.97. The lowest BCUT2D eigenvalue weighted by molar-refractivity contribution is -0.115. The van der Waals surface area contributed by atoms with Crippen molar-refractivity contribution >= 4 is 40.9 Å². The van der Waals surface area contributed by atoms with E-state index in [9.17, 15) is 14.4 Å². The number of hydrogen-bond acceptors (Lipinski definition) is 5. The number of ether oxygens (including phenoxy) is 2. The first-order valence-electron chi connectivity index (χ1n) is 9.09. The first kappa shape index (κ1) is 23.0. The molecule has 0 fully saturated rings. The predicted octanol–water partition coefficient (Wildman–Crippen LogP) is 4.06. The predicted molar refractivity (Wildman–Crippen MR) is 115 cm³/mol. The summed E-state index contributed by atoms with van der Waals surface area (Å²) in [6.45, 7) is 4.98. The van der Waals surface area contributed by atoms with E-state index in [1.54, 1.807) is 57.2 Å². The largest absolute Gasteiger partial charge is 0.495 e. The zero-order valence-corrected chi connectivity index (χ0v) is 17.9. The fraction of sp³-hybridized carbons (Fsp3) is 0.286. The molecule has 2 rings (SSSR count). The number of halogens is 1. The highest BCUT2D eigenvalue weighted by molar-refractivity contribution is 6.33. The van der Waals surface area contributed by atoms with E-state index >= 15 is 0 Å². The van der Waals surface area contributed by atoms with Crippen molar-refractivity contribution in [1.82, 2.24) is 5.32 Å². The molecule has 160 valence electrons. The van der Waals surface area contributed by atoms with Crippen molar-refractivity contribution in [2.45, 2.75) is 26.4 Å². The van der Waals surface area contributed by atoms with E-state index < -0.39 is 23.5 Å². The van der Waals surface area contributed by atoms with Crippen LogP contribution in [0, 0.1) is 0 Å². The van der Waals surface area contributed by atoms with Crippen molar-refractivity contribution in [3.05, 3.63) is 53.1 Å². The average molecular weight is 434 g/mol. The highest BCUT2D eigenvalue weighted by atomic mass is 35.5. The van der Waals surface area contributed by atoms with E-state index in [-0.39, 0.29) is 12.1 Å². The second-order valence-electron chi connectivity index (χ2n) is 7.25. The van der Waals surface area contributed by atoms with E-state index in [4.69, 9.17) is 21.1 Å². The quantitative estimate of drug-likeness (QED) is 0.636. The zero-order chi connectivity index (χ0) is 22.3. The number of hydrogen-bond donors (Lipinski definition) is 3. The van der Waals surface area contributed by atoms with E-state index in [1.165, 1.54) is 13.2 Å². The molecule has 0 spiro atoms. The Bertz CT molecular complexity index is 940. The standard InChI is InChI=1S/C21H24ClN3O5/c1-21(2,3)30-20(28)25-16-11-13(9-10-17(16)29-4)24-18(26)12-23-19(27)14-7-5-6-8-15(14)22/h5-11H,12H2,1-4H3,(H,23,27)(H,24,26)(H,25,28). The summed E-state index contributed by atoms with van der Waals surface area (Å²) in [6, 6.07) is 11.3. The fourth-order valence-electron chi connectivity index (χ4n) is 2.40. The molecule has 8 nitrogen and oxygen atoms in total. The Morgan fingerprint density at radius 1 is 1.03 bits per heavy atom. The Kier molecular flexibility index (Phi) is 7.66. The fourth-order valence-corrected chi connectivity index (χ4v) is 2.62. The molecule has 3 amide bonds. The monoisotopic (exact) mass is 433 g/mol. The molecule has 0 aromatic heterocycles. The molecule has 2 aromatic carbocycles. The summed E-state index contributed by atoms with van der Waals surface area (Å²) in [5.74, 6) is -0.521. The molecule has 0 atom stereocenters. The minimum Gasteiger partial charge on any atom is -0.495 e. The van der Waals surface area contributed by atoms with Crippen LogP contribution in [0.1, 0.15) is 31.1 Å². The Balaban J connectivity index is 2.00. The molecule has 0 bridgehead atoms. The van der Waals surface area contributed by atoms with Gasteiger partial charge in [0.05, 0.1) is 29.9 Å². The average Bonchev–Trinajstić information content (AvgIpc) is 2.65. The van der Waals surface area contributed by atoms with Crippen molar-refractivity contribution in [2.75, 3.05) is 24.3 Å². The minimum atomic E-state index is -0.664. The van der Waals surface area contributed by atoms with Crippen molar-refractivity contribution in [3.63, 3.8) is 0 Å². The Labute approximate surface area is 179 Å². The van der Waals surface area contributed by atoms with E-state index in [1.807, 2.05) is 0 Å². The summed E-state index contributed by atoms with van der Waals surface area (Å²) < 4.78 is 10.5. The summed E-state index contributed by atoms with van der Waals surface area (Å²) in [6.07, 6.45) is -0.656. The molecule has 0 heterocycles. The number of carbonyl (C=O) groups is 3. The number of methoxy groups -OCH3 is 1. The smallest absolute Gasteiger partial charge is 0.412 e. The highest BCUT2D eigenvalue weighted by Gasteiger charge is 2.18. The van der Waals surface area contributed by atoms with Gasteiger partial charge >= 0.3 is 6.09 Å². The van der Waals surface area contributed by atoms with Gasteiger partial charge in [-0.25, -0.2) is 4.79 Å². The highest BCUT2D eigenvalue weighted by Crippen LogP contribution is 2.28. The van der Waals surface area contributed by atoms with Gasteiger partial charge in [0.25, 0.3) is 5.91 Å². The topological polar surface area (TPSA) is 106 Å². The molecular formula is C21H24ClN3O5. The van der Waals surface area contributed by atoms with Crippen molar-refractivity contribution in [2.24, 2.45) is 0 Å². The van der Waals surface area contributed by atoms with Crippen LogP contribution in [0.5, 0.6) is 5.75 Å². The van der Waals surface area contributed by atoms with Gasteiger partial charge in [-0.05, 0) is 51.1 Å². The Morgan fingerprint density at radius 2 is 1.73 bits per heavy atom. The molecule has 0 aliphatic carbocycles. The molecule has 0 saturated heterocycles. The van der Waals surface area contributed by atoms with Gasteiger partial charge in [0.15, 0.2) is 0 Å². The Morgan fingerprint density at radius 3 is 2.37 bits per heavy atom. The van der Waals surface area contributed by atoms with Crippen LogP contribution < -0.4 is 20.7 Å². The molecule has 30 heavy (non-hydrogen) atoms. The third-order valence-corrected chi connectivity index (χ3v) is 3.98. The lowest BCUT2D eigenvalue weighted by atomic mass is 10.2. The first-order chi connectivity index (χ1) is 14.1. The molecule has 0 radical (unpaired) electrons. The third-order valence-electron chi connectivity index (χ3n) is 3.65. The summed E-state index contributed by atoms with van der Waals surface area (Å²) >= 11 is 5.97. The maximum absolute atomic E-state index is 12.2. The number of anilines is 2. The molecular weight excluding hydrogens is 410 g/mol. The number of amides is 3. The van der Waals surface area contributed by atoms with Gasteiger partial charge in [0.1, 0.15) is 11.4 Å². The van der Waals surface area contributed by atoms with Gasteiger partial charge in [-0.15, -0.1) is 0 Å². The van der Waals surface area contributed by atoms with Crippen LogP contribution in [0.4, 0.5) is 16.2 Å². The minimum absolute atomic E-state index is 0.259. The second-order valence-corrected chi connectivity index (χ2v) is 7.66. The van der Waals surface area contributed by atoms with Crippen LogP contribution in [0.15, 0.2) is 42.5 Å². The van der Waals surface area contributed by atoms with Crippen LogP contribution in [0.25, 0.3) is 0 Å². The molecule has 3 N–H and O–H groups in total. The number of nitrogens with one attached hydrogen (secondary N) is 3. The normalized spacial score (nSPS) is 10.7. The van der Waals surface area contributed by atoms with Crippen molar-refractivity contribution in [1.29, 1.82) is 0 Å². The lowest BCUT2D eigenvalue weighted by Gasteiger charge is -2.20. The van der Waals surface area contributed by atoms with Gasteiger partial charge in [-0.3, -0.25) is 14.9 Å². The van der Waals surface area contributed by atoms with Crippen LogP contribution >= 0.6 is 11.6 Å². The number of rotatable bonds is 6. The molecule has 0 unspecified atom stereocenters. The Hall–Kier alpha value is -3.26. The first-order valence-corrected chi connectivity index (χ1v) is 9.47. The molecule has 0 aliphatic rings. The van der Waals surface area contributed by atoms with Crippen molar-refractivity contribution in [3.8, 4) is 5.75 Å². The number of carbonyl (C=O) groups excluding carboxylic acids is 3. The second kappa shape index (κ2) is 9.98. The SMILES string of the molecule is COc1ccc(NC(=O)CNC(=O)c2ccccc2Cl)cc1NC(=O)OC(C)(C)C. The summed E-state index contributed by atoms with van der Waals surface area (Å²) in [4.78, 5) is 36.4. The lowest BCUT2D eigenvalue weighted by Crippen LogP contribution is -2.33. The van der Waals surface area contributed by atoms with Crippen LogP contribution in [0.2, 0.25) is 5.02 Å². The summed E-state index contributed by atoms with van der Waals surface area (Å²) in [5.41, 5.74) is 0.340.